The average molecular weight is 270 g/mol. The second-order valence-electron chi connectivity index (χ2n) is 3.92. The first-order valence-electron chi connectivity index (χ1n) is 5.54. The minimum Gasteiger partial charge on any atom is -0.467 e. The van der Waals surface area contributed by atoms with Crippen molar-refractivity contribution in [1.82, 2.24) is 15.0 Å². The number of hydrogen-bond donors (Lipinski definition) is 2. The second kappa shape index (κ2) is 6.57. The summed E-state index contributed by atoms with van der Waals surface area (Å²) < 4.78 is 9.93. The van der Waals surface area contributed by atoms with Crippen molar-refractivity contribution in [3.63, 3.8) is 0 Å². The van der Waals surface area contributed by atoms with Gasteiger partial charge in [0.1, 0.15) is 5.84 Å². The first-order chi connectivity index (χ1) is 9.01. The molecule has 1 rings (SSSR count). The molecule has 1 atom stereocenters. The van der Waals surface area contributed by atoms with E-state index >= 15 is 0 Å². The number of aromatic nitrogens is 3. The SMILES string of the molecule is COc1nc(OC)nc(N(C)CC(C)C(N)=NO)n1. The third kappa shape index (κ3) is 3.83. The Labute approximate surface area is 111 Å². The molecule has 0 aromatic carbocycles. The van der Waals surface area contributed by atoms with Gasteiger partial charge in [-0.2, -0.15) is 9.97 Å². The lowest BCUT2D eigenvalue weighted by Crippen LogP contribution is -2.33. The van der Waals surface area contributed by atoms with Crippen molar-refractivity contribution in [1.29, 1.82) is 0 Å². The maximum atomic E-state index is 8.62. The number of ether oxygens (including phenoxy) is 2. The van der Waals surface area contributed by atoms with Crippen LogP contribution in [0, 0.1) is 5.92 Å². The molecule has 0 amide bonds. The van der Waals surface area contributed by atoms with Crippen molar-refractivity contribution in [2.75, 3.05) is 32.7 Å². The summed E-state index contributed by atoms with van der Waals surface area (Å²) >= 11 is 0. The van der Waals surface area contributed by atoms with Crippen LogP contribution < -0.4 is 20.1 Å². The van der Waals surface area contributed by atoms with Gasteiger partial charge in [0, 0.05) is 19.5 Å². The fourth-order valence-corrected chi connectivity index (χ4v) is 1.37. The highest BCUT2D eigenvalue weighted by Crippen LogP contribution is 2.15. The van der Waals surface area contributed by atoms with Crippen LogP contribution >= 0.6 is 0 Å². The number of nitrogens with zero attached hydrogens (tertiary/aromatic N) is 5. The molecule has 3 N–H and O–H groups in total. The van der Waals surface area contributed by atoms with Crippen LogP contribution in [-0.2, 0) is 0 Å². The van der Waals surface area contributed by atoms with Crippen LogP contribution in [0.5, 0.6) is 12.0 Å². The molecule has 0 aliphatic heterocycles. The first kappa shape index (κ1) is 14.7. The van der Waals surface area contributed by atoms with Gasteiger partial charge in [-0.15, -0.1) is 4.98 Å². The van der Waals surface area contributed by atoms with Crippen molar-refractivity contribution >= 4 is 11.8 Å². The van der Waals surface area contributed by atoms with Gasteiger partial charge in [-0.3, -0.25) is 0 Å². The largest absolute Gasteiger partial charge is 0.467 e. The summed E-state index contributed by atoms with van der Waals surface area (Å²) in [4.78, 5) is 13.8. The molecule has 0 aliphatic carbocycles. The highest BCUT2D eigenvalue weighted by Gasteiger charge is 2.15. The van der Waals surface area contributed by atoms with E-state index in [1.807, 2.05) is 6.92 Å². The molecule has 0 aliphatic rings. The number of hydrogen-bond acceptors (Lipinski definition) is 8. The Morgan fingerprint density at radius 2 is 1.84 bits per heavy atom. The Morgan fingerprint density at radius 3 is 2.26 bits per heavy atom. The second-order valence-corrected chi connectivity index (χ2v) is 3.92. The van der Waals surface area contributed by atoms with Crippen molar-refractivity contribution < 1.29 is 14.7 Å². The molecule has 1 heterocycles. The van der Waals surface area contributed by atoms with Crippen molar-refractivity contribution in [2.45, 2.75) is 6.92 Å². The molecule has 9 heteroatoms. The van der Waals surface area contributed by atoms with Crippen LogP contribution in [-0.4, -0.2) is 53.8 Å². The minimum atomic E-state index is -0.163. The van der Waals surface area contributed by atoms with Gasteiger partial charge in [0.2, 0.25) is 5.95 Å². The van der Waals surface area contributed by atoms with Gasteiger partial charge in [0.05, 0.1) is 14.2 Å². The van der Waals surface area contributed by atoms with E-state index in [0.717, 1.165) is 0 Å². The van der Waals surface area contributed by atoms with E-state index in [1.165, 1.54) is 14.2 Å². The van der Waals surface area contributed by atoms with E-state index in [9.17, 15) is 0 Å². The number of oxime groups is 1. The maximum absolute atomic E-state index is 8.62. The normalized spacial score (nSPS) is 12.9. The number of rotatable bonds is 6. The van der Waals surface area contributed by atoms with Crippen LogP contribution in [0.3, 0.4) is 0 Å². The molecule has 9 nitrogen and oxygen atoms in total. The van der Waals surface area contributed by atoms with E-state index in [1.54, 1.807) is 11.9 Å². The zero-order chi connectivity index (χ0) is 14.4. The van der Waals surface area contributed by atoms with Crippen molar-refractivity contribution in [3.05, 3.63) is 0 Å². The first-order valence-corrected chi connectivity index (χ1v) is 5.54. The Kier molecular flexibility index (Phi) is 5.10. The lowest BCUT2D eigenvalue weighted by Gasteiger charge is -2.20. The molecular formula is C10H18N6O3. The summed E-state index contributed by atoms with van der Waals surface area (Å²) in [7, 11) is 4.69. The van der Waals surface area contributed by atoms with Gasteiger partial charge >= 0.3 is 12.0 Å². The van der Waals surface area contributed by atoms with Crippen LogP contribution in [0.1, 0.15) is 6.92 Å². The predicted molar refractivity (Wildman–Crippen MR) is 68.8 cm³/mol. The Bertz CT molecular complexity index is 431. The Balaban J connectivity index is 2.89. The van der Waals surface area contributed by atoms with Gasteiger partial charge in [-0.05, 0) is 0 Å². The van der Waals surface area contributed by atoms with Gasteiger partial charge in [-0.25, -0.2) is 0 Å². The maximum Gasteiger partial charge on any atom is 0.324 e. The zero-order valence-electron chi connectivity index (χ0n) is 11.4. The molecule has 0 saturated heterocycles. The number of methoxy groups -OCH3 is 2. The highest BCUT2D eigenvalue weighted by molar-refractivity contribution is 5.82. The summed E-state index contributed by atoms with van der Waals surface area (Å²) in [6, 6.07) is 0.315. The van der Waals surface area contributed by atoms with Gasteiger partial charge in [0.25, 0.3) is 0 Å². The topological polar surface area (TPSA) is 119 Å². The summed E-state index contributed by atoms with van der Waals surface area (Å²) in [5.41, 5.74) is 5.53. The molecule has 1 aromatic rings. The fourth-order valence-electron chi connectivity index (χ4n) is 1.37. The Morgan fingerprint density at radius 1 is 1.32 bits per heavy atom. The van der Waals surface area contributed by atoms with Gasteiger partial charge < -0.3 is 25.3 Å². The third-order valence-corrected chi connectivity index (χ3v) is 2.46. The van der Waals surface area contributed by atoms with Gasteiger partial charge in [-0.1, -0.05) is 12.1 Å². The molecule has 0 fully saturated rings. The quantitative estimate of drug-likeness (QED) is 0.313. The highest BCUT2D eigenvalue weighted by atomic mass is 16.5. The summed E-state index contributed by atoms with van der Waals surface area (Å²) in [5, 5.41) is 11.6. The van der Waals surface area contributed by atoms with E-state index in [-0.39, 0.29) is 23.8 Å². The number of nitrogens with two attached hydrogens (primary N) is 1. The lowest BCUT2D eigenvalue weighted by molar-refractivity contribution is 0.314. The molecule has 106 valence electrons. The summed E-state index contributed by atoms with van der Waals surface area (Å²) in [5.74, 6) is 0.352. The molecule has 1 unspecified atom stereocenters. The van der Waals surface area contributed by atoms with E-state index in [4.69, 9.17) is 20.4 Å². The molecule has 0 spiro atoms. The van der Waals surface area contributed by atoms with E-state index in [2.05, 4.69) is 20.1 Å². The molecule has 19 heavy (non-hydrogen) atoms. The molecule has 0 bridgehead atoms. The van der Waals surface area contributed by atoms with Crippen molar-refractivity contribution in [3.8, 4) is 12.0 Å². The lowest BCUT2D eigenvalue weighted by atomic mass is 10.1. The number of anilines is 1. The predicted octanol–water partition coefficient (Wildman–Crippen LogP) is -0.292. The fraction of sp³-hybridized carbons (Fsp3) is 0.600. The summed E-state index contributed by atoms with van der Waals surface area (Å²) in [6.45, 7) is 2.29. The monoisotopic (exact) mass is 270 g/mol. The molecule has 0 radical (unpaired) electrons. The van der Waals surface area contributed by atoms with Crippen LogP contribution in [0.25, 0.3) is 0 Å². The Hall–Kier alpha value is -2.32. The van der Waals surface area contributed by atoms with Crippen LogP contribution in [0.15, 0.2) is 5.16 Å². The average Bonchev–Trinajstić information content (AvgIpc) is 2.45. The smallest absolute Gasteiger partial charge is 0.324 e. The standard InChI is InChI=1S/C10H18N6O3/c1-6(7(11)15-17)5-16(2)8-12-9(18-3)14-10(13-8)19-4/h6,17H,5H2,1-4H3,(H2,11,15). The minimum absolute atomic E-state index is 0.139. The third-order valence-electron chi connectivity index (χ3n) is 2.46. The summed E-state index contributed by atoms with van der Waals surface area (Å²) in [6.07, 6.45) is 0. The molecule has 0 saturated carbocycles. The van der Waals surface area contributed by atoms with Crippen molar-refractivity contribution in [2.24, 2.45) is 16.8 Å². The molecular weight excluding hydrogens is 252 g/mol. The van der Waals surface area contributed by atoms with Gasteiger partial charge in [0.15, 0.2) is 0 Å². The van der Waals surface area contributed by atoms with Crippen LogP contribution in [0.2, 0.25) is 0 Å². The van der Waals surface area contributed by atoms with E-state index < -0.39 is 0 Å². The zero-order valence-corrected chi connectivity index (χ0v) is 11.4. The van der Waals surface area contributed by atoms with E-state index in [0.29, 0.717) is 12.5 Å². The van der Waals surface area contributed by atoms with Crippen LogP contribution in [0.4, 0.5) is 5.95 Å². The molecule has 1 aromatic heterocycles. The number of amidine groups is 1.